The summed E-state index contributed by atoms with van der Waals surface area (Å²) >= 11 is 0. The van der Waals surface area contributed by atoms with Crippen molar-refractivity contribution in [2.75, 3.05) is 6.61 Å². The van der Waals surface area contributed by atoms with Crippen LogP contribution in [0.1, 0.15) is 284 Å². The van der Waals surface area contributed by atoms with Gasteiger partial charge < -0.3 is 25.7 Å². The Morgan fingerprint density at radius 3 is 1.05 bits per heavy atom. The van der Waals surface area contributed by atoms with Crippen LogP contribution in [0.4, 0.5) is 0 Å². The summed E-state index contributed by atoms with van der Waals surface area (Å²) in [7, 11) is 0. The van der Waals surface area contributed by atoms with Gasteiger partial charge in [0, 0.05) is 0 Å². The Morgan fingerprint density at radius 2 is 0.700 bits per heavy atom. The second-order valence-corrected chi connectivity index (χ2v) is 18.6. The minimum atomic E-state index is -1.29. The number of carbonyl (C=O) groups is 1. The zero-order valence-corrected chi connectivity index (χ0v) is 40.2. The standard InChI is InChI=1S/C54H105NO5/c1-3-5-7-9-11-13-15-17-19-21-23-24-25-26-27-28-29-30-32-33-35-37-39-41-43-45-47-51(57)53(59)50(49-56)55-54(60)52(58)48-46-44-42-40-38-36-34-31-22-20-18-16-14-12-10-8-6-4-2/h32-33,39,41,50-53,56-59H,3-31,34-38,40,42-49H2,1-2H3,(H,55,60)/b33-32+,41-39+. The Morgan fingerprint density at radius 1 is 0.400 bits per heavy atom. The first kappa shape index (κ1) is 58.8. The van der Waals surface area contributed by atoms with Crippen LogP contribution in [0.3, 0.4) is 0 Å². The van der Waals surface area contributed by atoms with E-state index in [-0.39, 0.29) is 0 Å². The summed E-state index contributed by atoms with van der Waals surface area (Å²) in [4.78, 5) is 12.6. The summed E-state index contributed by atoms with van der Waals surface area (Å²) in [6, 6.07) is -1.01. The highest BCUT2D eigenvalue weighted by Gasteiger charge is 2.28. The fourth-order valence-electron chi connectivity index (χ4n) is 8.42. The molecule has 60 heavy (non-hydrogen) atoms. The predicted molar refractivity (Wildman–Crippen MR) is 261 cm³/mol. The van der Waals surface area contributed by atoms with E-state index >= 15 is 0 Å². The molecule has 356 valence electrons. The zero-order valence-electron chi connectivity index (χ0n) is 40.2. The topological polar surface area (TPSA) is 110 Å². The molecule has 0 aromatic heterocycles. The van der Waals surface area contributed by atoms with Gasteiger partial charge in [-0.2, -0.15) is 0 Å². The Hall–Kier alpha value is -1.21. The molecule has 0 aromatic rings. The molecule has 0 bridgehead atoms. The zero-order chi connectivity index (χ0) is 43.8. The van der Waals surface area contributed by atoms with Gasteiger partial charge in [-0.15, -0.1) is 0 Å². The molecule has 1 amide bonds. The molecule has 4 unspecified atom stereocenters. The van der Waals surface area contributed by atoms with Crippen molar-refractivity contribution in [2.45, 2.75) is 308 Å². The number of rotatable bonds is 49. The van der Waals surface area contributed by atoms with E-state index in [4.69, 9.17) is 0 Å². The van der Waals surface area contributed by atoms with Gasteiger partial charge in [0.1, 0.15) is 12.2 Å². The first-order valence-corrected chi connectivity index (χ1v) is 26.7. The van der Waals surface area contributed by atoms with Gasteiger partial charge >= 0.3 is 0 Å². The molecule has 5 N–H and O–H groups in total. The van der Waals surface area contributed by atoms with Crippen LogP contribution in [-0.4, -0.2) is 57.3 Å². The third-order valence-corrected chi connectivity index (χ3v) is 12.6. The van der Waals surface area contributed by atoms with Gasteiger partial charge in [-0.3, -0.25) is 4.79 Å². The fourth-order valence-corrected chi connectivity index (χ4v) is 8.42. The van der Waals surface area contributed by atoms with Gasteiger partial charge in [-0.05, 0) is 51.4 Å². The first-order chi connectivity index (χ1) is 29.5. The van der Waals surface area contributed by atoms with Crippen molar-refractivity contribution >= 4 is 5.91 Å². The van der Waals surface area contributed by atoms with Crippen LogP contribution in [0.15, 0.2) is 24.3 Å². The van der Waals surface area contributed by atoms with Crippen LogP contribution in [-0.2, 0) is 4.79 Å². The van der Waals surface area contributed by atoms with E-state index in [2.05, 4.69) is 43.5 Å². The van der Waals surface area contributed by atoms with E-state index in [9.17, 15) is 25.2 Å². The smallest absolute Gasteiger partial charge is 0.249 e. The molecular formula is C54H105NO5. The highest BCUT2D eigenvalue weighted by molar-refractivity contribution is 5.80. The lowest BCUT2D eigenvalue weighted by Crippen LogP contribution is -2.53. The van der Waals surface area contributed by atoms with Crippen LogP contribution in [0, 0.1) is 0 Å². The van der Waals surface area contributed by atoms with Gasteiger partial charge in [0.05, 0.1) is 18.8 Å². The summed E-state index contributed by atoms with van der Waals surface area (Å²) in [5.41, 5.74) is 0. The minimum absolute atomic E-state index is 0.364. The van der Waals surface area contributed by atoms with Crippen molar-refractivity contribution < 1.29 is 25.2 Å². The number of allylic oxidation sites excluding steroid dienone is 4. The monoisotopic (exact) mass is 848 g/mol. The molecule has 0 radical (unpaired) electrons. The van der Waals surface area contributed by atoms with Gasteiger partial charge in [0.15, 0.2) is 0 Å². The van der Waals surface area contributed by atoms with E-state index in [1.54, 1.807) is 0 Å². The Bertz CT molecular complexity index is 909. The van der Waals surface area contributed by atoms with Crippen molar-refractivity contribution in [3.05, 3.63) is 24.3 Å². The summed E-state index contributed by atoms with van der Waals surface area (Å²) in [5.74, 6) is -0.593. The third kappa shape index (κ3) is 42.1. The summed E-state index contributed by atoms with van der Waals surface area (Å²) < 4.78 is 0. The molecule has 6 heteroatoms. The average molecular weight is 848 g/mol. The number of unbranched alkanes of at least 4 members (excludes halogenated alkanes) is 36. The lowest BCUT2D eigenvalue weighted by Gasteiger charge is -2.27. The largest absolute Gasteiger partial charge is 0.394 e. The molecule has 0 aromatic carbocycles. The van der Waals surface area contributed by atoms with E-state index in [0.717, 1.165) is 38.5 Å². The number of nitrogens with one attached hydrogen (secondary N) is 1. The van der Waals surface area contributed by atoms with Gasteiger partial charge in [0.2, 0.25) is 5.91 Å². The van der Waals surface area contributed by atoms with Crippen LogP contribution >= 0.6 is 0 Å². The predicted octanol–water partition coefficient (Wildman–Crippen LogP) is 15.1. The van der Waals surface area contributed by atoms with Gasteiger partial charge in [0.25, 0.3) is 0 Å². The third-order valence-electron chi connectivity index (χ3n) is 12.6. The maximum absolute atomic E-state index is 12.6. The average Bonchev–Trinajstić information content (AvgIpc) is 3.25. The molecule has 0 heterocycles. The SMILES string of the molecule is CCCCCCCCCCCCCCCCCCC/C=C/CC/C=C/CCCC(O)C(O)C(CO)NC(=O)C(O)CCCCCCCCCCCCCCCCCCCC. The van der Waals surface area contributed by atoms with E-state index in [1.807, 2.05) is 0 Å². The molecule has 0 saturated carbocycles. The maximum Gasteiger partial charge on any atom is 0.249 e. The van der Waals surface area contributed by atoms with Crippen molar-refractivity contribution in [1.29, 1.82) is 0 Å². The Balaban J connectivity index is 3.69. The summed E-state index contributed by atoms with van der Waals surface area (Å²) in [5, 5.41) is 43.9. The van der Waals surface area contributed by atoms with Crippen molar-refractivity contribution in [1.82, 2.24) is 5.32 Å². The van der Waals surface area contributed by atoms with Gasteiger partial charge in [-0.25, -0.2) is 0 Å². The highest BCUT2D eigenvalue weighted by Crippen LogP contribution is 2.17. The lowest BCUT2D eigenvalue weighted by molar-refractivity contribution is -0.132. The number of hydrogen-bond donors (Lipinski definition) is 5. The molecule has 0 aliphatic carbocycles. The second kappa shape index (κ2) is 48.8. The van der Waals surface area contributed by atoms with Crippen LogP contribution in [0.2, 0.25) is 0 Å². The highest BCUT2D eigenvalue weighted by atomic mass is 16.3. The molecule has 6 nitrogen and oxygen atoms in total. The molecular weight excluding hydrogens is 743 g/mol. The molecule has 0 aliphatic heterocycles. The summed E-state index contributed by atoms with van der Waals surface area (Å²) in [6.07, 6.45) is 58.1. The maximum atomic E-state index is 12.6. The second-order valence-electron chi connectivity index (χ2n) is 18.6. The molecule has 4 atom stereocenters. The molecule has 0 aliphatic rings. The molecule has 0 saturated heterocycles. The van der Waals surface area contributed by atoms with Crippen molar-refractivity contribution in [3.63, 3.8) is 0 Å². The number of aliphatic hydroxyl groups is 4. The van der Waals surface area contributed by atoms with E-state index in [0.29, 0.717) is 19.3 Å². The van der Waals surface area contributed by atoms with Crippen LogP contribution < -0.4 is 5.32 Å². The number of aliphatic hydroxyl groups excluding tert-OH is 4. The fraction of sp³-hybridized carbons (Fsp3) is 0.907. The number of hydrogen-bond acceptors (Lipinski definition) is 5. The quantitative estimate of drug-likeness (QED) is 0.0309. The number of amides is 1. The normalized spacial score (nSPS) is 14.0. The molecule has 0 fully saturated rings. The van der Waals surface area contributed by atoms with Crippen LogP contribution in [0.25, 0.3) is 0 Å². The Labute approximate surface area is 374 Å². The van der Waals surface area contributed by atoms with Crippen LogP contribution in [0.5, 0.6) is 0 Å². The number of carbonyl (C=O) groups excluding carboxylic acids is 1. The Kier molecular flexibility index (Phi) is 47.8. The molecule has 0 spiro atoms. The van der Waals surface area contributed by atoms with Crippen molar-refractivity contribution in [2.24, 2.45) is 0 Å². The molecule has 0 rings (SSSR count). The van der Waals surface area contributed by atoms with Gasteiger partial charge in [-0.1, -0.05) is 256 Å². The lowest BCUT2D eigenvalue weighted by atomic mass is 10.00. The van der Waals surface area contributed by atoms with E-state index < -0.39 is 36.9 Å². The minimum Gasteiger partial charge on any atom is -0.394 e. The first-order valence-electron chi connectivity index (χ1n) is 26.7. The van der Waals surface area contributed by atoms with Crippen molar-refractivity contribution in [3.8, 4) is 0 Å². The van der Waals surface area contributed by atoms with E-state index in [1.165, 1.54) is 212 Å². The summed E-state index contributed by atoms with van der Waals surface area (Å²) in [6.45, 7) is 4.07.